The molecule has 1 saturated heterocycles. The molecule has 0 aromatic carbocycles. The van der Waals surface area contributed by atoms with Gasteiger partial charge in [-0.3, -0.25) is 4.79 Å². The van der Waals surface area contributed by atoms with Crippen LogP contribution in [0.15, 0.2) is 0 Å². The van der Waals surface area contributed by atoms with Crippen LogP contribution in [0.25, 0.3) is 0 Å². The third-order valence-corrected chi connectivity index (χ3v) is 1.94. The smallest absolute Gasteiger partial charge is 0.225 e. The van der Waals surface area contributed by atoms with Crippen molar-refractivity contribution in [1.82, 2.24) is 4.90 Å². The molecule has 1 amide bonds. The first-order valence-electron chi connectivity index (χ1n) is 3.48. The number of amides is 1. The Kier molecular flexibility index (Phi) is 1.01. The average Bonchev–Trinajstić information content (AvgIpc) is 2.37. The van der Waals surface area contributed by atoms with Crippen LogP contribution in [0, 0.1) is 12.3 Å². The average molecular weight is 124 g/mol. The summed E-state index contributed by atoms with van der Waals surface area (Å²) in [6, 6.07) is 0. The zero-order valence-electron chi connectivity index (χ0n) is 5.34. The lowest BCUT2D eigenvalue weighted by Crippen LogP contribution is -2.43. The Balaban J connectivity index is 1.88. The second kappa shape index (κ2) is 1.72. The maximum absolute atomic E-state index is 11.1. The molecule has 1 heterocycles. The molecule has 2 aliphatic rings. The van der Waals surface area contributed by atoms with Crippen molar-refractivity contribution in [1.29, 1.82) is 0 Å². The molecule has 1 radical (unpaired) electrons. The van der Waals surface area contributed by atoms with E-state index < -0.39 is 0 Å². The molecule has 0 bridgehead atoms. The van der Waals surface area contributed by atoms with Crippen LogP contribution in [0.2, 0.25) is 0 Å². The van der Waals surface area contributed by atoms with Crippen molar-refractivity contribution in [3.8, 4) is 0 Å². The fourth-order valence-electron chi connectivity index (χ4n) is 1.03. The van der Waals surface area contributed by atoms with Crippen LogP contribution in [-0.2, 0) is 4.79 Å². The topological polar surface area (TPSA) is 20.3 Å². The van der Waals surface area contributed by atoms with Gasteiger partial charge in [0.1, 0.15) is 0 Å². The quantitative estimate of drug-likeness (QED) is 0.496. The predicted octanol–water partition coefficient (Wildman–Crippen LogP) is 0.443. The van der Waals surface area contributed by atoms with E-state index in [1.54, 1.807) is 0 Å². The molecule has 2 rings (SSSR count). The molecule has 0 aromatic rings. The highest BCUT2D eigenvalue weighted by Crippen LogP contribution is 2.32. The summed E-state index contributed by atoms with van der Waals surface area (Å²) in [4.78, 5) is 13.0. The number of hydrogen-bond donors (Lipinski definition) is 0. The maximum Gasteiger partial charge on any atom is 0.225 e. The first kappa shape index (κ1) is 5.27. The highest BCUT2D eigenvalue weighted by Gasteiger charge is 2.35. The summed E-state index contributed by atoms with van der Waals surface area (Å²) in [5.74, 6) is 0.802. The van der Waals surface area contributed by atoms with Crippen LogP contribution in [0.3, 0.4) is 0 Å². The Morgan fingerprint density at radius 1 is 1.44 bits per heavy atom. The van der Waals surface area contributed by atoms with Gasteiger partial charge in [0.2, 0.25) is 5.91 Å². The van der Waals surface area contributed by atoms with Gasteiger partial charge in [-0.05, 0) is 12.8 Å². The number of likely N-dealkylation sites (tertiary alicyclic amines) is 1. The monoisotopic (exact) mass is 124 g/mol. The van der Waals surface area contributed by atoms with Crippen LogP contribution >= 0.6 is 0 Å². The van der Waals surface area contributed by atoms with Gasteiger partial charge in [0.05, 0.1) is 0 Å². The standard InChI is InChI=1S/C7H10NO/c9-7(6-2-3-6)8-4-1-5-8/h1,6H,2-5H2. The fourth-order valence-corrected chi connectivity index (χ4v) is 1.03. The van der Waals surface area contributed by atoms with Crippen molar-refractivity contribution in [3.05, 3.63) is 6.42 Å². The molecule has 1 aliphatic carbocycles. The van der Waals surface area contributed by atoms with E-state index >= 15 is 0 Å². The zero-order valence-corrected chi connectivity index (χ0v) is 5.34. The van der Waals surface area contributed by atoms with Crippen molar-refractivity contribution >= 4 is 5.91 Å². The molecule has 2 nitrogen and oxygen atoms in total. The van der Waals surface area contributed by atoms with Gasteiger partial charge in [-0.1, -0.05) is 0 Å². The van der Waals surface area contributed by atoms with Gasteiger partial charge in [-0.2, -0.15) is 0 Å². The summed E-state index contributed by atoms with van der Waals surface area (Å²) in [7, 11) is 0. The molecule has 9 heavy (non-hydrogen) atoms. The van der Waals surface area contributed by atoms with Crippen molar-refractivity contribution in [2.24, 2.45) is 5.92 Å². The summed E-state index contributed by atoms with van der Waals surface area (Å²) < 4.78 is 0. The minimum absolute atomic E-state index is 0.387. The summed E-state index contributed by atoms with van der Waals surface area (Å²) in [5, 5.41) is 0. The lowest BCUT2D eigenvalue weighted by atomic mass is 10.2. The number of hydrogen-bond acceptors (Lipinski definition) is 1. The molecule has 0 N–H and O–H groups in total. The van der Waals surface area contributed by atoms with Crippen LogP contribution < -0.4 is 0 Å². The molecule has 1 aliphatic heterocycles. The molecular formula is C7H10NO. The second-order valence-electron chi connectivity index (χ2n) is 2.81. The number of carbonyl (C=O) groups is 1. The Hall–Kier alpha value is -0.530. The minimum Gasteiger partial charge on any atom is -0.342 e. The van der Waals surface area contributed by atoms with E-state index in [-0.39, 0.29) is 0 Å². The molecule has 0 atom stereocenters. The Bertz CT molecular complexity index is 136. The van der Waals surface area contributed by atoms with Gasteiger partial charge >= 0.3 is 0 Å². The van der Waals surface area contributed by atoms with E-state index in [1.165, 1.54) is 0 Å². The normalized spacial score (nSPS) is 25.6. The molecule has 1 saturated carbocycles. The van der Waals surface area contributed by atoms with E-state index in [0.717, 1.165) is 25.9 Å². The molecule has 49 valence electrons. The van der Waals surface area contributed by atoms with Gasteiger partial charge in [0.15, 0.2) is 0 Å². The first-order chi connectivity index (χ1) is 4.38. The Morgan fingerprint density at radius 3 is 2.44 bits per heavy atom. The van der Waals surface area contributed by atoms with Gasteiger partial charge in [0, 0.05) is 25.4 Å². The number of rotatable bonds is 1. The van der Waals surface area contributed by atoms with Crippen LogP contribution in [0.1, 0.15) is 12.8 Å². The molecule has 0 aromatic heterocycles. The summed E-state index contributed by atoms with van der Waals surface area (Å²) in [6.45, 7) is 1.80. The van der Waals surface area contributed by atoms with Gasteiger partial charge < -0.3 is 4.90 Å². The summed E-state index contributed by atoms with van der Waals surface area (Å²) in [6.07, 6.45) is 4.39. The predicted molar refractivity (Wildman–Crippen MR) is 33.6 cm³/mol. The van der Waals surface area contributed by atoms with Crippen molar-refractivity contribution < 1.29 is 4.79 Å². The molecule has 2 fully saturated rings. The minimum atomic E-state index is 0.387. The van der Waals surface area contributed by atoms with Gasteiger partial charge in [-0.25, -0.2) is 0 Å². The lowest BCUT2D eigenvalue weighted by Gasteiger charge is -2.30. The van der Waals surface area contributed by atoms with E-state index in [2.05, 4.69) is 6.42 Å². The Labute approximate surface area is 54.8 Å². The van der Waals surface area contributed by atoms with Crippen molar-refractivity contribution in [2.45, 2.75) is 12.8 Å². The van der Waals surface area contributed by atoms with Crippen molar-refractivity contribution in [2.75, 3.05) is 13.1 Å². The molecule has 0 spiro atoms. The van der Waals surface area contributed by atoms with E-state index in [4.69, 9.17) is 0 Å². The highest BCUT2D eigenvalue weighted by atomic mass is 16.2. The Morgan fingerprint density at radius 2 is 2.11 bits per heavy atom. The second-order valence-corrected chi connectivity index (χ2v) is 2.81. The fraction of sp³-hybridized carbons (Fsp3) is 0.714. The summed E-state index contributed by atoms with van der Waals surface area (Å²) in [5.41, 5.74) is 0. The third-order valence-electron chi connectivity index (χ3n) is 1.94. The SMILES string of the molecule is O=C(C1CC1)N1C[CH]C1. The number of carbonyl (C=O) groups excluding carboxylic acids is 1. The zero-order chi connectivity index (χ0) is 6.27. The molecule has 2 heteroatoms. The molecule has 0 unspecified atom stereocenters. The van der Waals surface area contributed by atoms with E-state index in [0.29, 0.717) is 11.8 Å². The van der Waals surface area contributed by atoms with Crippen molar-refractivity contribution in [3.63, 3.8) is 0 Å². The van der Waals surface area contributed by atoms with Crippen LogP contribution in [-0.4, -0.2) is 23.9 Å². The highest BCUT2D eigenvalue weighted by molar-refractivity contribution is 5.82. The largest absolute Gasteiger partial charge is 0.342 e. The van der Waals surface area contributed by atoms with Crippen LogP contribution in [0.4, 0.5) is 0 Å². The van der Waals surface area contributed by atoms with E-state index in [9.17, 15) is 4.79 Å². The maximum atomic E-state index is 11.1. The lowest BCUT2D eigenvalue weighted by molar-refractivity contribution is -0.134. The third kappa shape index (κ3) is 0.824. The van der Waals surface area contributed by atoms with E-state index in [1.807, 2.05) is 4.90 Å². The summed E-state index contributed by atoms with van der Waals surface area (Å²) >= 11 is 0. The van der Waals surface area contributed by atoms with Crippen LogP contribution in [0.5, 0.6) is 0 Å². The number of nitrogens with zero attached hydrogens (tertiary/aromatic N) is 1. The van der Waals surface area contributed by atoms with Gasteiger partial charge in [-0.15, -0.1) is 0 Å². The molecular weight excluding hydrogens is 114 g/mol. The first-order valence-corrected chi connectivity index (χ1v) is 3.48. The van der Waals surface area contributed by atoms with Gasteiger partial charge in [0.25, 0.3) is 0 Å².